The Morgan fingerprint density at radius 3 is 2.80 bits per heavy atom. The number of thiophene rings is 1. The van der Waals surface area contributed by atoms with E-state index in [0.717, 1.165) is 45.4 Å². The molecular weight excluding hydrogens is 334 g/mol. The molecule has 1 N–H and O–H groups in total. The summed E-state index contributed by atoms with van der Waals surface area (Å²) in [4.78, 5) is 24.2. The number of carbonyl (C=O) groups is 1. The van der Waals surface area contributed by atoms with Crippen molar-refractivity contribution in [3.8, 4) is 10.7 Å². The maximum Gasteiger partial charge on any atom is 0.264 e. The van der Waals surface area contributed by atoms with Gasteiger partial charge in [-0.05, 0) is 38.8 Å². The van der Waals surface area contributed by atoms with Crippen LogP contribution in [0.5, 0.6) is 0 Å². The maximum atomic E-state index is 13.1. The maximum absolute atomic E-state index is 13.1. The van der Waals surface area contributed by atoms with Crippen LogP contribution in [0.4, 0.5) is 0 Å². The highest BCUT2D eigenvalue weighted by Gasteiger charge is 2.34. The summed E-state index contributed by atoms with van der Waals surface area (Å²) in [6, 6.07) is 4.21. The Balaban J connectivity index is 1.60. The SMILES string of the molecule is Cc1nn(C)c(C)c1CN(C(=O)c1ccc(-c2ncc[nH]2)s1)C1CC1. The monoisotopic (exact) mass is 355 g/mol. The fourth-order valence-electron chi connectivity index (χ4n) is 3.09. The third-order valence-electron chi connectivity index (χ3n) is 4.78. The molecule has 3 aromatic rings. The largest absolute Gasteiger partial charge is 0.344 e. The van der Waals surface area contributed by atoms with Gasteiger partial charge in [-0.25, -0.2) is 4.98 Å². The van der Waals surface area contributed by atoms with Gasteiger partial charge in [0.2, 0.25) is 0 Å². The first-order valence-electron chi connectivity index (χ1n) is 8.44. The summed E-state index contributed by atoms with van der Waals surface area (Å²) in [5.41, 5.74) is 3.28. The molecule has 1 fully saturated rings. The topological polar surface area (TPSA) is 66.8 Å². The molecule has 3 aromatic heterocycles. The van der Waals surface area contributed by atoms with E-state index in [2.05, 4.69) is 22.0 Å². The zero-order chi connectivity index (χ0) is 17.6. The van der Waals surface area contributed by atoms with E-state index in [0.29, 0.717) is 12.6 Å². The van der Waals surface area contributed by atoms with Gasteiger partial charge >= 0.3 is 0 Å². The Morgan fingerprint density at radius 2 is 2.20 bits per heavy atom. The molecule has 0 atom stereocenters. The average molecular weight is 355 g/mol. The fourth-order valence-corrected chi connectivity index (χ4v) is 4.01. The van der Waals surface area contributed by atoms with Crippen LogP contribution in [-0.2, 0) is 13.6 Å². The van der Waals surface area contributed by atoms with Gasteiger partial charge in [0.15, 0.2) is 0 Å². The van der Waals surface area contributed by atoms with E-state index in [4.69, 9.17) is 0 Å². The molecule has 7 heteroatoms. The van der Waals surface area contributed by atoms with Gasteiger partial charge in [-0.2, -0.15) is 5.10 Å². The first-order chi connectivity index (χ1) is 12.0. The van der Waals surface area contributed by atoms with Gasteiger partial charge in [0.05, 0.1) is 15.4 Å². The van der Waals surface area contributed by atoms with Gasteiger partial charge in [0.25, 0.3) is 5.91 Å². The van der Waals surface area contributed by atoms with E-state index in [1.807, 2.05) is 35.7 Å². The van der Waals surface area contributed by atoms with Crippen molar-refractivity contribution in [2.24, 2.45) is 7.05 Å². The van der Waals surface area contributed by atoms with E-state index >= 15 is 0 Å². The molecule has 6 nitrogen and oxygen atoms in total. The molecule has 130 valence electrons. The van der Waals surface area contributed by atoms with Crippen LogP contribution >= 0.6 is 11.3 Å². The lowest BCUT2D eigenvalue weighted by molar-refractivity contribution is 0.0734. The van der Waals surface area contributed by atoms with Crippen molar-refractivity contribution in [1.82, 2.24) is 24.6 Å². The Bertz CT molecular complexity index is 904. The van der Waals surface area contributed by atoms with Gasteiger partial charge in [-0.15, -0.1) is 11.3 Å². The molecular formula is C18H21N5OS. The van der Waals surface area contributed by atoms with Crippen LogP contribution in [0.15, 0.2) is 24.5 Å². The van der Waals surface area contributed by atoms with Crippen molar-refractivity contribution >= 4 is 17.2 Å². The number of aromatic nitrogens is 4. The summed E-state index contributed by atoms with van der Waals surface area (Å²) in [6.07, 6.45) is 5.68. The minimum Gasteiger partial charge on any atom is -0.344 e. The quantitative estimate of drug-likeness (QED) is 0.764. The zero-order valence-corrected chi connectivity index (χ0v) is 15.4. The molecule has 0 aliphatic heterocycles. The van der Waals surface area contributed by atoms with Crippen LogP contribution in [0.3, 0.4) is 0 Å². The number of amides is 1. The lowest BCUT2D eigenvalue weighted by Gasteiger charge is -2.22. The number of nitrogens with zero attached hydrogens (tertiary/aromatic N) is 4. The summed E-state index contributed by atoms with van der Waals surface area (Å²) >= 11 is 1.49. The first-order valence-corrected chi connectivity index (χ1v) is 9.26. The van der Waals surface area contributed by atoms with Crippen molar-refractivity contribution in [3.63, 3.8) is 0 Å². The predicted molar refractivity (Wildman–Crippen MR) is 97.5 cm³/mol. The molecule has 0 aromatic carbocycles. The van der Waals surface area contributed by atoms with Crippen molar-refractivity contribution in [1.29, 1.82) is 0 Å². The second-order valence-electron chi connectivity index (χ2n) is 6.54. The molecule has 25 heavy (non-hydrogen) atoms. The van der Waals surface area contributed by atoms with Gasteiger partial charge in [0, 0.05) is 43.3 Å². The van der Waals surface area contributed by atoms with Crippen LogP contribution in [0, 0.1) is 13.8 Å². The van der Waals surface area contributed by atoms with Crippen LogP contribution in [-0.4, -0.2) is 36.6 Å². The smallest absolute Gasteiger partial charge is 0.264 e. The Kier molecular flexibility index (Phi) is 3.95. The number of nitrogens with one attached hydrogen (secondary N) is 1. The van der Waals surface area contributed by atoms with Gasteiger partial charge in [0.1, 0.15) is 5.82 Å². The molecule has 1 aliphatic carbocycles. The molecule has 0 saturated heterocycles. The number of aryl methyl sites for hydroxylation is 2. The standard InChI is InChI=1S/C18H21N5OS/c1-11-14(12(2)22(3)21-11)10-23(13-4-5-13)18(24)16-7-6-15(25-16)17-19-8-9-20-17/h6-9,13H,4-5,10H2,1-3H3,(H,19,20). The number of hydrogen-bond acceptors (Lipinski definition) is 4. The highest BCUT2D eigenvalue weighted by atomic mass is 32.1. The molecule has 4 rings (SSSR count). The Labute approximate surface area is 150 Å². The summed E-state index contributed by atoms with van der Waals surface area (Å²) < 4.78 is 1.89. The molecule has 0 spiro atoms. The average Bonchev–Trinajstić information content (AvgIpc) is 3.00. The van der Waals surface area contributed by atoms with E-state index in [9.17, 15) is 4.79 Å². The van der Waals surface area contributed by atoms with Gasteiger partial charge in [-0.1, -0.05) is 0 Å². The predicted octanol–water partition coefficient (Wildman–Crippen LogP) is 3.29. The Morgan fingerprint density at radius 1 is 1.40 bits per heavy atom. The number of carbonyl (C=O) groups excluding carboxylic acids is 1. The molecule has 0 radical (unpaired) electrons. The van der Waals surface area contributed by atoms with E-state index < -0.39 is 0 Å². The number of H-pyrrole nitrogens is 1. The lowest BCUT2D eigenvalue weighted by atomic mass is 10.1. The van der Waals surface area contributed by atoms with Gasteiger partial charge < -0.3 is 9.88 Å². The molecule has 3 heterocycles. The Hall–Kier alpha value is -2.41. The van der Waals surface area contributed by atoms with Crippen LogP contribution in [0.2, 0.25) is 0 Å². The second kappa shape index (κ2) is 6.15. The second-order valence-corrected chi connectivity index (χ2v) is 7.62. The van der Waals surface area contributed by atoms with E-state index in [-0.39, 0.29) is 5.91 Å². The summed E-state index contributed by atoms with van der Waals surface area (Å²) in [5, 5.41) is 4.48. The molecule has 0 unspecified atom stereocenters. The lowest BCUT2D eigenvalue weighted by Crippen LogP contribution is -2.32. The van der Waals surface area contributed by atoms with Crippen molar-refractivity contribution in [2.75, 3.05) is 0 Å². The van der Waals surface area contributed by atoms with Crippen LogP contribution < -0.4 is 0 Å². The normalized spacial score (nSPS) is 14.0. The third-order valence-corrected chi connectivity index (χ3v) is 5.86. The van der Waals surface area contributed by atoms with E-state index in [1.54, 1.807) is 12.4 Å². The van der Waals surface area contributed by atoms with Crippen molar-refractivity contribution in [2.45, 2.75) is 39.3 Å². The summed E-state index contributed by atoms with van der Waals surface area (Å²) in [5.74, 6) is 0.911. The highest BCUT2D eigenvalue weighted by Crippen LogP contribution is 2.33. The number of imidazole rings is 1. The van der Waals surface area contributed by atoms with Crippen molar-refractivity contribution < 1.29 is 4.79 Å². The van der Waals surface area contributed by atoms with E-state index in [1.165, 1.54) is 11.3 Å². The summed E-state index contributed by atoms with van der Waals surface area (Å²) in [6.45, 7) is 4.70. The fraction of sp³-hybridized carbons (Fsp3) is 0.389. The highest BCUT2D eigenvalue weighted by molar-refractivity contribution is 7.17. The summed E-state index contributed by atoms with van der Waals surface area (Å²) in [7, 11) is 1.95. The zero-order valence-electron chi connectivity index (χ0n) is 14.6. The number of aromatic amines is 1. The van der Waals surface area contributed by atoms with Crippen LogP contribution in [0.25, 0.3) is 10.7 Å². The molecule has 1 amide bonds. The van der Waals surface area contributed by atoms with Gasteiger partial charge in [-0.3, -0.25) is 9.48 Å². The number of hydrogen-bond donors (Lipinski definition) is 1. The minimum atomic E-state index is 0.105. The number of rotatable bonds is 5. The molecule has 1 saturated carbocycles. The first kappa shape index (κ1) is 16.1. The van der Waals surface area contributed by atoms with Crippen LogP contribution in [0.1, 0.15) is 39.5 Å². The minimum absolute atomic E-state index is 0.105. The molecule has 0 bridgehead atoms. The molecule has 1 aliphatic rings. The third kappa shape index (κ3) is 3.00. The van der Waals surface area contributed by atoms with Crippen molar-refractivity contribution in [3.05, 3.63) is 46.4 Å².